The van der Waals surface area contributed by atoms with Crippen molar-refractivity contribution in [2.45, 2.75) is 179 Å². The molecule has 0 amide bonds. The molecule has 0 radical (unpaired) electrons. The van der Waals surface area contributed by atoms with Crippen LogP contribution in [-0.4, -0.2) is 97.5 Å². The normalized spacial score (nSPS) is 22.3. The van der Waals surface area contributed by atoms with Gasteiger partial charge in [-0.15, -0.1) is 0 Å². The number of carbonyl (C=O) groups is 1. The van der Waals surface area contributed by atoms with Gasteiger partial charge >= 0.3 is 16.4 Å². The highest BCUT2D eigenvalue weighted by atomic mass is 32.3. The molecule has 13 heteroatoms. The summed E-state index contributed by atoms with van der Waals surface area (Å²) in [4.78, 5) is 12.5. The highest BCUT2D eigenvalue weighted by molar-refractivity contribution is 7.80. The molecule has 6 unspecified atom stereocenters. The van der Waals surface area contributed by atoms with Crippen molar-refractivity contribution in [3.05, 3.63) is 12.2 Å². The molecule has 0 aromatic heterocycles. The van der Waals surface area contributed by atoms with Crippen molar-refractivity contribution in [1.82, 2.24) is 0 Å². The van der Waals surface area contributed by atoms with Gasteiger partial charge < -0.3 is 34.3 Å². The number of carbonyl (C=O) groups excluding carboxylic acids is 1. The average Bonchev–Trinajstić information content (AvgIpc) is 3.05. The second-order valence-electron chi connectivity index (χ2n) is 12.8. The van der Waals surface area contributed by atoms with Crippen LogP contribution in [0.25, 0.3) is 0 Å². The van der Waals surface area contributed by atoms with Gasteiger partial charge in [0, 0.05) is 13.0 Å². The second kappa shape index (κ2) is 28.5. The van der Waals surface area contributed by atoms with Crippen LogP contribution in [0.3, 0.4) is 0 Å². The van der Waals surface area contributed by atoms with E-state index in [1.54, 1.807) is 0 Å². The highest BCUT2D eigenvalue weighted by Crippen LogP contribution is 2.26. The third-order valence-electron chi connectivity index (χ3n) is 8.39. The van der Waals surface area contributed by atoms with Crippen LogP contribution in [0.2, 0.25) is 0 Å². The molecule has 1 fully saturated rings. The average molecular weight is 711 g/mol. The smallest absolute Gasteiger partial charge is 0.397 e. The number of hydrogen-bond donors (Lipinski definition) is 4. The quantitative estimate of drug-likeness (QED) is 0.0288. The Bertz CT molecular complexity index is 915. The van der Waals surface area contributed by atoms with E-state index in [9.17, 15) is 28.5 Å². The minimum absolute atomic E-state index is 0.0334. The van der Waals surface area contributed by atoms with Crippen LogP contribution < -0.4 is 0 Å². The minimum Gasteiger partial charge on any atom is -0.457 e. The zero-order valence-electron chi connectivity index (χ0n) is 29.6. The van der Waals surface area contributed by atoms with Crippen LogP contribution >= 0.6 is 0 Å². The summed E-state index contributed by atoms with van der Waals surface area (Å²) in [5, 5.41) is 30.3. The van der Waals surface area contributed by atoms with Crippen LogP contribution in [0.1, 0.15) is 142 Å². The molecular weight excluding hydrogens is 644 g/mol. The Morgan fingerprint density at radius 3 is 1.88 bits per heavy atom. The first-order valence-electron chi connectivity index (χ1n) is 18.4. The first-order valence-corrected chi connectivity index (χ1v) is 19.8. The molecule has 1 rings (SSSR count). The molecule has 1 aliphatic rings. The third kappa shape index (κ3) is 22.5. The van der Waals surface area contributed by atoms with E-state index in [4.69, 9.17) is 23.5 Å². The lowest BCUT2D eigenvalue weighted by atomic mass is 9.99. The van der Waals surface area contributed by atoms with Crippen molar-refractivity contribution in [2.24, 2.45) is 0 Å². The van der Waals surface area contributed by atoms with E-state index < -0.39 is 59.8 Å². The maximum Gasteiger partial charge on any atom is 0.397 e. The molecule has 0 bridgehead atoms. The molecule has 12 nitrogen and oxygen atoms in total. The van der Waals surface area contributed by atoms with Gasteiger partial charge in [0.1, 0.15) is 30.5 Å². The van der Waals surface area contributed by atoms with Gasteiger partial charge in [-0.05, 0) is 38.5 Å². The van der Waals surface area contributed by atoms with E-state index in [-0.39, 0.29) is 19.6 Å². The number of rotatable bonds is 31. The largest absolute Gasteiger partial charge is 0.457 e. The Labute approximate surface area is 289 Å². The predicted octanol–water partition coefficient (Wildman–Crippen LogP) is 5.96. The number of esters is 1. The van der Waals surface area contributed by atoms with Crippen molar-refractivity contribution in [2.75, 3.05) is 26.4 Å². The summed E-state index contributed by atoms with van der Waals surface area (Å²) in [6.45, 7) is 3.81. The van der Waals surface area contributed by atoms with Gasteiger partial charge in [0.15, 0.2) is 6.29 Å². The van der Waals surface area contributed by atoms with Crippen molar-refractivity contribution >= 4 is 16.4 Å². The van der Waals surface area contributed by atoms with E-state index >= 15 is 0 Å². The van der Waals surface area contributed by atoms with Gasteiger partial charge in [0.2, 0.25) is 0 Å². The number of hydrogen-bond acceptors (Lipinski definition) is 11. The summed E-state index contributed by atoms with van der Waals surface area (Å²) in [6, 6.07) is 0. The Kier molecular flexibility index (Phi) is 26.7. The van der Waals surface area contributed by atoms with Gasteiger partial charge in [-0.1, -0.05) is 109 Å². The molecule has 0 spiro atoms. The molecule has 6 atom stereocenters. The summed E-state index contributed by atoms with van der Waals surface area (Å²) in [5.41, 5.74) is 0. The van der Waals surface area contributed by atoms with Crippen LogP contribution in [-0.2, 0) is 38.3 Å². The van der Waals surface area contributed by atoms with E-state index in [2.05, 4.69) is 30.2 Å². The topological polar surface area (TPSA) is 178 Å². The SMILES string of the molecule is CCCCCCCCC/C=C\CCCCCCCCOCC(COC1OC(CO)C(O)C(OS(=O)(=O)O)C1O)OC(=O)CCCCCC. The van der Waals surface area contributed by atoms with Crippen molar-refractivity contribution < 1.29 is 56.2 Å². The highest BCUT2D eigenvalue weighted by Gasteiger charge is 2.48. The Hall–Kier alpha value is -1.16. The van der Waals surface area contributed by atoms with Crippen LogP contribution in [0.15, 0.2) is 12.2 Å². The van der Waals surface area contributed by atoms with Gasteiger partial charge in [-0.3, -0.25) is 9.35 Å². The molecule has 1 aliphatic heterocycles. The number of unbranched alkanes of at least 4 members (excludes halogenated alkanes) is 16. The molecule has 1 saturated heterocycles. The van der Waals surface area contributed by atoms with Gasteiger partial charge in [0.05, 0.1) is 19.8 Å². The van der Waals surface area contributed by atoms with Crippen molar-refractivity contribution in [1.29, 1.82) is 0 Å². The molecule has 1 heterocycles. The summed E-state index contributed by atoms with van der Waals surface area (Å²) in [6.07, 6.45) is 17.6. The molecular formula is C35H66O12S. The lowest BCUT2D eigenvalue weighted by Crippen LogP contribution is -2.60. The standard InChI is InChI=1S/C35H66O12S/c1-3-5-7-9-10-11-12-13-14-15-16-17-18-19-20-21-23-25-43-27-29(45-31(37)24-22-8-6-4-2)28-44-35-33(39)34(47-48(40,41)42)32(38)30(26-36)46-35/h14-15,29-30,32-36,38-39H,3-13,16-28H2,1-2H3,(H,40,41,42)/b15-14-. The third-order valence-corrected chi connectivity index (χ3v) is 8.85. The molecule has 0 aromatic carbocycles. The van der Waals surface area contributed by atoms with Crippen molar-refractivity contribution in [3.8, 4) is 0 Å². The Balaban J connectivity index is 2.38. The number of ether oxygens (including phenoxy) is 4. The first-order chi connectivity index (χ1) is 23.1. The maximum absolute atomic E-state index is 12.5. The number of aliphatic hydroxyl groups is 3. The maximum atomic E-state index is 12.5. The zero-order chi connectivity index (χ0) is 35.5. The van der Waals surface area contributed by atoms with Crippen LogP contribution in [0.5, 0.6) is 0 Å². The van der Waals surface area contributed by atoms with Crippen LogP contribution in [0.4, 0.5) is 0 Å². The van der Waals surface area contributed by atoms with E-state index in [1.807, 2.05) is 0 Å². The fraction of sp³-hybridized carbons (Fsp3) is 0.914. The zero-order valence-corrected chi connectivity index (χ0v) is 30.4. The molecule has 0 aromatic rings. The summed E-state index contributed by atoms with van der Waals surface area (Å²) in [7, 11) is -5.05. The summed E-state index contributed by atoms with van der Waals surface area (Å²) >= 11 is 0. The fourth-order valence-corrected chi connectivity index (χ4v) is 6.06. The number of allylic oxidation sites excluding steroid dienone is 2. The van der Waals surface area contributed by atoms with Gasteiger partial charge in [-0.25, -0.2) is 4.18 Å². The van der Waals surface area contributed by atoms with Gasteiger partial charge in [-0.2, -0.15) is 8.42 Å². The van der Waals surface area contributed by atoms with Gasteiger partial charge in [0.25, 0.3) is 0 Å². The Morgan fingerprint density at radius 1 is 0.771 bits per heavy atom. The lowest BCUT2D eigenvalue weighted by molar-refractivity contribution is -0.301. The molecule has 0 aliphatic carbocycles. The Morgan fingerprint density at radius 2 is 1.31 bits per heavy atom. The predicted molar refractivity (Wildman–Crippen MR) is 184 cm³/mol. The summed E-state index contributed by atoms with van der Waals surface area (Å²) < 4.78 is 58.3. The minimum atomic E-state index is -5.05. The fourth-order valence-electron chi connectivity index (χ4n) is 5.55. The van der Waals surface area contributed by atoms with Crippen molar-refractivity contribution in [3.63, 3.8) is 0 Å². The molecule has 4 N–H and O–H groups in total. The molecule has 48 heavy (non-hydrogen) atoms. The number of aliphatic hydroxyl groups excluding tert-OH is 3. The van der Waals surface area contributed by atoms with E-state index in [0.29, 0.717) is 13.0 Å². The van der Waals surface area contributed by atoms with Crippen LogP contribution in [0, 0.1) is 0 Å². The van der Waals surface area contributed by atoms with E-state index in [0.717, 1.165) is 44.9 Å². The summed E-state index contributed by atoms with van der Waals surface area (Å²) in [5.74, 6) is -0.419. The lowest BCUT2D eigenvalue weighted by Gasteiger charge is -2.41. The molecule has 284 valence electrons. The monoisotopic (exact) mass is 710 g/mol. The first kappa shape index (κ1) is 44.9. The second-order valence-corrected chi connectivity index (χ2v) is 13.9. The van der Waals surface area contributed by atoms with E-state index in [1.165, 1.54) is 70.6 Å². The molecule has 0 saturated carbocycles.